The van der Waals surface area contributed by atoms with Crippen LogP contribution in [0.3, 0.4) is 0 Å². The fraction of sp³-hybridized carbons (Fsp3) is 0.120. The first-order valence-electron chi connectivity index (χ1n) is 10.5. The van der Waals surface area contributed by atoms with Crippen LogP contribution in [-0.4, -0.2) is 26.6 Å². The summed E-state index contributed by atoms with van der Waals surface area (Å²) in [6.07, 6.45) is 4.58. The maximum absolute atomic E-state index is 13.4. The molecule has 0 bridgehead atoms. The van der Waals surface area contributed by atoms with Crippen molar-refractivity contribution in [3.63, 3.8) is 0 Å². The molecule has 0 aliphatic rings. The van der Waals surface area contributed by atoms with E-state index in [0.29, 0.717) is 39.6 Å². The van der Waals surface area contributed by atoms with E-state index in [2.05, 4.69) is 20.7 Å². The Kier molecular flexibility index (Phi) is 6.63. The first-order valence-corrected chi connectivity index (χ1v) is 10.5. The normalized spacial score (nSPS) is 10.6. The van der Waals surface area contributed by atoms with Gasteiger partial charge in [0.25, 0.3) is 11.8 Å². The summed E-state index contributed by atoms with van der Waals surface area (Å²) in [6.45, 7) is 1.98. The first-order chi connectivity index (χ1) is 16.4. The van der Waals surface area contributed by atoms with E-state index in [1.165, 1.54) is 29.2 Å². The molecule has 0 fully saturated rings. The summed E-state index contributed by atoms with van der Waals surface area (Å²) >= 11 is 0. The summed E-state index contributed by atoms with van der Waals surface area (Å²) in [6, 6.07) is 14.4. The topological polar surface area (TPSA) is 98.1 Å². The highest BCUT2D eigenvalue weighted by atomic mass is 19.1. The van der Waals surface area contributed by atoms with Crippen LogP contribution < -0.4 is 15.4 Å². The van der Waals surface area contributed by atoms with Crippen molar-refractivity contribution >= 4 is 17.6 Å². The van der Waals surface area contributed by atoms with Gasteiger partial charge in [0.05, 0.1) is 11.8 Å². The van der Waals surface area contributed by atoms with E-state index in [0.717, 1.165) is 0 Å². The lowest BCUT2D eigenvalue weighted by Gasteiger charge is -2.13. The first kappa shape index (κ1) is 22.7. The van der Waals surface area contributed by atoms with Crippen molar-refractivity contribution in [2.45, 2.75) is 13.5 Å². The fourth-order valence-corrected chi connectivity index (χ4v) is 3.29. The largest absolute Gasteiger partial charge is 0.457 e. The molecule has 0 saturated heterocycles. The zero-order chi connectivity index (χ0) is 24.1. The smallest absolute Gasteiger partial charge is 0.260 e. The molecule has 2 aromatic heterocycles. The van der Waals surface area contributed by atoms with Crippen LogP contribution in [0.15, 0.2) is 73.2 Å². The number of benzene rings is 2. The molecule has 0 unspecified atom stereocenters. The van der Waals surface area contributed by atoms with Gasteiger partial charge in [0.15, 0.2) is 0 Å². The highest BCUT2D eigenvalue weighted by Gasteiger charge is 2.14. The highest BCUT2D eigenvalue weighted by Crippen LogP contribution is 2.28. The van der Waals surface area contributed by atoms with Gasteiger partial charge >= 0.3 is 0 Å². The number of ether oxygens (including phenoxy) is 1. The summed E-state index contributed by atoms with van der Waals surface area (Å²) in [4.78, 5) is 29.2. The second-order valence-electron chi connectivity index (χ2n) is 7.58. The van der Waals surface area contributed by atoms with Crippen LogP contribution in [0, 0.1) is 12.7 Å². The second kappa shape index (κ2) is 9.95. The number of carbonyl (C=O) groups is 2. The van der Waals surface area contributed by atoms with Gasteiger partial charge in [-0.3, -0.25) is 14.3 Å². The molecule has 0 aliphatic heterocycles. The summed E-state index contributed by atoms with van der Waals surface area (Å²) in [5.41, 5.74) is 2.14. The van der Waals surface area contributed by atoms with Crippen LogP contribution >= 0.6 is 0 Å². The Balaban J connectivity index is 1.45. The van der Waals surface area contributed by atoms with Gasteiger partial charge in [-0.15, -0.1) is 0 Å². The van der Waals surface area contributed by atoms with Crippen LogP contribution in [0.5, 0.6) is 11.5 Å². The summed E-state index contributed by atoms with van der Waals surface area (Å²) in [7, 11) is 1.72. The zero-order valence-electron chi connectivity index (χ0n) is 18.6. The van der Waals surface area contributed by atoms with Crippen molar-refractivity contribution in [2.75, 3.05) is 5.32 Å². The number of carbonyl (C=O) groups excluding carboxylic acids is 2. The number of aromatic nitrogens is 3. The average Bonchev–Trinajstić information content (AvgIpc) is 3.26. The van der Waals surface area contributed by atoms with E-state index in [-0.39, 0.29) is 24.2 Å². The van der Waals surface area contributed by atoms with Gasteiger partial charge in [-0.25, -0.2) is 9.37 Å². The number of nitrogens with one attached hydrogen (secondary N) is 2. The molecule has 0 spiro atoms. The molecule has 2 amide bonds. The summed E-state index contributed by atoms with van der Waals surface area (Å²) in [5, 5.41) is 9.48. The fourth-order valence-electron chi connectivity index (χ4n) is 3.29. The molecular weight excluding hydrogens is 437 g/mol. The van der Waals surface area contributed by atoms with Gasteiger partial charge in [-0.2, -0.15) is 5.10 Å². The van der Waals surface area contributed by atoms with E-state index in [1.54, 1.807) is 62.6 Å². The lowest BCUT2D eigenvalue weighted by molar-refractivity contribution is 0.0949. The van der Waals surface area contributed by atoms with Crippen molar-refractivity contribution < 1.29 is 18.7 Å². The SMILES string of the molecule is Cc1c(Oc2ccnc(NC(=O)c3cnn(C)c3)c2)cccc1C(=O)NCc1cccc(F)c1. The molecule has 4 rings (SSSR count). The molecule has 34 heavy (non-hydrogen) atoms. The number of halogens is 1. The predicted molar refractivity (Wildman–Crippen MR) is 124 cm³/mol. The van der Waals surface area contributed by atoms with Crippen LogP contribution in [0.2, 0.25) is 0 Å². The van der Waals surface area contributed by atoms with Crippen molar-refractivity contribution in [1.82, 2.24) is 20.1 Å². The van der Waals surface area contributed by atoms with E-state index in [4.69, 9.17) is 4.74 Å². The Morgan fingerprint density at radius 2 is 1.91 bits per heavy atom. The maximum atomic E-state index is 13.4. The number of rotatable bonds is 7. The predicted octanol–water partition coefficient (Wildman–Crippen LogP) is 4.24. The third kappa shape index (κ3) is 5.44. The van der Waals surface area contributed by atoms with Gasteiger partial charge in [-0.1, -0.05) is 18.2 Å². The maximum Gasteiger partial charge on any atom is 0.260 e. The van der Waals surface area contributed by atoms with Crippen LogP contribution in [-0.2, 0) is 13.6 Å². The number of anilines is 1. The third-order valence-corrected chi connectivity index (χ3v) is 5.04. The molecule has 9 heteroatoms. The minimum atomic E-state index is -0.355. The van der Waals surface area contributed by atoms with E-state index < -0.39 is 0 Å². The van der Waals surface area contributed by atoms with Gasteiger partial charge in [-0.05, 0) is 42.8 Å². The molecule has 8 nitrogen and oxygen atoms in total. The Morgan fingerprint density at radius 1 is 1.09 bits per heavy atom. The summed E-state index contributed by atoms with van der Waals surface area (Å²) < 4.78 is 20.9. The molecule has 2 N–H and O–H groups in total. The molecule has 172 valence electrons. The second-order valence-corrected chi connectivity index (χ2v) is 7.58. The number of aryl methyl sites for hydroxylation is 1. The Hall–Kier alpha value is -4.53. The highest BCUT2D eigenvalue weighted by molar-refractivity contribution is 6.03. The average molecular weight is 459 g/mol. The lowest BCUT2D eigenvalue weighted by Crippen LogP contribution is -2.23. The van der Waals surface area contributed by atoms with Gasteiger partial charge in [0, 0.05) is 43.2 Å². The molecule has 4 aromatic rings. The Morgan fingerprint density at radius 3 is 2.68 bits per heavy atom. The molecule has 2 aromatic carbocycles. The molecular formula is C25H22FN5O3. The Bertz CT molecular complexity index is 1350. The number of hydrogen-bond donors (Lipinski definition) is 2. The van der Waals surface area contributed by atoms with Crippen molar-refractivity contribution in [3.05, 3.63) is 101 Å². The van der Waals surface area contributed by atoms with Crippen LogP contribution in [0.4, 0.5) is 10.2 Å². The lowest BCUT2D eigenvalue weighted by atomic mass is 10.1. The number of nitrogens with zero attached hydrogens (tertiary/aromatic N) is 3. The van der Waals surface area contributed by atoms with Gasteiger partial charge in [0.1, 0.15) is 23.1 Å². The molecule has 0 atom stereocenters. The zero-order valence-corrected chi connectivity index (χ0v) is 18.6. The third-order valence-electron chi connectivity index (χ3n) is 5.04. The van der Waals surface area contributed by atoms with Crippen molar-refractivity contribution in [1.29, 1.82) is 0 Å². The molecule has 0 radical (unpaired) electrons. The van der Waals surface area contributed by atoms with Gasteiger partial charge in [0.2, 0.25) is 0 Å². The minimum Gasteiger partial charge on any atom is -0.457 e. The molecule has 0 saturated carbocycles. The van der Waals surface area contributed by atoms with Crippen molar-refractivity contribution in [2.24, 2.45) is 7.05 Å². The van der Waals surface area contributed by atoms with E-state index in [9.17, 15) is 14.0 Å². The number of hydrogen-bond acceptors (Lipinski definition) is 5. The monoisotopic (exact) mass is 459 g/mol. The quantitative estimate of drug-likeness (QED) is 0.431. The van der Waals surface area contributed by atoms with Gasteiger partial charge < -0.3 is 15.4 Å². The van der Waals surface area contributed by atoms with Crippen LogP contribution in [0.25, 0.3) is 0 Å². The summed E-state index contributed by atoms with van der Waals surface area (Å²) in [5.74, 6) is 0.239. The Labute approximate surface area is 195 Å². The number of pyridine rings is 1. The molecule has 2 heterocycles. The van der Waals surface area contributed by atoms with E-state index in [1.807, 2.05) is 0 Å². The van der Waals surface area contributed by atoms with E-state index >= 15 is 0 Å². The molecule has 0 aliphatic carbocycles. The van der Waals surface area contributed by atoms with Crippen molar-refractivity contribution in [3.8, 4) is 11.5 Å². The standard InChI is InChI=1S/C25H22FN5O3/c1-16-21(25(33)28-13-17-5-3-6-19(26)11-17)7-4-8-22(16)34-20-9-10-27-23(12-20)30-24(32)18-14-29-31(2)15-18/h3-12,14-15H,13H2,1-2H3,(H,28,33)(H,27,30,32). The minimum absolute atomic E-state index is 0.200. The van der Waals surface area contributed by atoms with Crippen LogP contribution in [0.1, 0.15) is 31.8 Å². The number of amides is 2.